The van der Waals surface area contributed by atoms with E-state index in [1.54, 1.807) is 20.8 Å². The Kier molecular flexibility index (Phi) is 7.53. The van der Waals surface area contributed by atoms with Gasteiger partial charge in [-0.15, -0.1) is 0 Å². The van der Waals surface area contributed by atoms with Gasteiger partial charge in [0.15, 0.2) is 13.0 Å². The summed E-state index contributed by atoms with van der Waals surface area (Å²) in [6.07, 6.45) is -3.82. The normalized spacial score (nSPS) is 23.9. The standard InChI is InChI=1S/C18H26N2O10/c1-18(2,3)16(25)29-9-20-11(22)5-6-19(17(20)26)15-14(28-8-12(23)27-4)13(24)10(7-21)30-15/h5-6,10,13-15,21,24H,7-9H2,1-4H3/t10-,13?,14+,15-/m1/s1. The molecule has 4 atom stereocenters. The van der Waals surface area contributed by atoms with E-state index in [-0.39, 0.29) is 0 Å². The summed E-state index contributed by atoms with van der Waals surface area (Å²) >= 11 is 0. The van der Waals surface area contributed by atoms with Crippen molar-refractivity contribution in [1.29, 1.82) is 0 Å². The molecule has 30 heavy (non-hydrogen) atoms. The minimum atomic E-state index is -1.37. The second-order valence-corrected chi connectivity index (χ2v) is 7.67. The summed E-state index contributed by atoms with van der Waals surface area (Å²) < 4.78 is 22.0. The predicted octanol–water partition coefficient (Wildman–Crippen LogP) is -1.63. The van der Waals surface area contributed by atoms with Gasteiger partial charge < -0.3 is 29.2 Å². The number of hydrogen-bond donors (Lipinski definition) is 2. The molecule has 1 aliphatic rings. The number of ether oxygens (including phenoxy) is 4. The van der Waals surface area contributed by atoms with E-state index in [0.29, 0.717) is 4.57 Å². The number of rotatable bonds is 7. The maximum absolute atomic E-state index is 12.8. The lowest BCUT2D eigenvalue weighted by molar-refractivity contribution is -0.157. The van der Waals surface area contributed by atoms with Gasteiger partial charge in [-0.2, -0.15) is 0 Å². The summed E-state index contributed by atoms with van der Waals surface area (Å²) in [4.78, 5) is 48.3. The number of aromatic nitrogens is 2. The van der Waals surface area contributed by atoms with Crippen LogP contribution in [-0.4, -0.2) is 69.9 Å². The van der Waals surface area contributed by atoms with E-state index >= 15 is 0 Å². The Bertz CT molecular complexity index is 884. The van der Waals surface area contributed by atoms with Gasteiger partial charge in [0, 0.05) is 12.3 Å². The van der Waals surface area contributed by atoms with Crippen LogP contribution in [0.4, 0.5) is 0 Å². The van der Waals surface area contributed by atoms with E-state index in [1.165, 1.54) is 0 Å². The first kappa shape index (κ1) is 23.7. The zero-order valence-electron chi connectivity index (χ0n) is 17.1. The van der Waals surface area contributed by atoms with Crippen LogP contribution >= 0.6 is 0 Å². The van der Waals surface area contributed by atoms with Crippen LogP contribution in [0.3, 0.4) is 0 Å². The minimum Gasteiger partial charge on any atom is -0.467 e. The molecular formula is C18H26N2O10. The van der Waals surface area contributed by atoms with Crippen LogP contribution in [0.25, 0.3) is 0 Å². The SMILES string of the molecule is COC(=O)CO[C@H]1C(O)[C@@H](CO)O[C@H]1n1ccc(=O)n(COC(=O)C(C)(C)C)c1=O. The lowest BCUT2D eigenvalue weighted by Crippen LogP contribution is -2.45. The van der Waals surface area contributed by atoms with Gasteiger partial charge in [0.1, 0.15) is 24.9 Å². The van der Waals surface area contributed by atoms with Gasteiger partial charge in [-0.25, -0.2) is 14.2 Å². The van der Waals surface area contributed by atoms with Crippen LogP contribution in [0, 0.1) is 5.41 Å². The average molecular weight is 430 g/mol. The quantitative estimate of drug-likeness (QED) is 0.481. The van der Waals surface area contributed by atoms with Crippen molar-refractivity contribution in [2.24, 2.45) is 5.41 Å². The van der Waals surface area contributed by atoms with Crippen LogP contribution in [0.5, 0.6) is 0 Å². The van der Waals surface area contributed by atoms with Crippen LogP contribution in [0.15, 0.2) is 21.9 Å². The number of aliphatic hydroxyl groups excluding tert-OH is 2. The molecule has 1 aromatic heterocycles. The molecule has 1 fully saturated rings. The number of hydrogen-bond acceptors (Lipinski definition) is 10. The van der Waals surface area contributed by atoms with E-state index in [4.69, 9.17) is 14.2 Å². The first-order chi connectivity index (χ1) is 14.0. The molecule has 1 saturated heterocycles. The molecule has 0 aromatic carbocycles. The van der Waals surface area contributed by atoms with E-state index < -0.39 is 73.1 Å². The Morgan fingerprint density at radius 2 is 1.93 bits per heavy atom. The third-order valence-electron chi connectivity index (χ3n) is 4.42. The van der Waals surface area contributed by atoms with Crippen molar-refractivity contribution in [3.05, 3.63) is 33.1 Å². The monoisotopic (exact) mass is 430 g/mol. The Morgan fingerprint density at radius 1 is 1.27 bits per heavy atom. The van der Waals surface area contributed by atoms with Crippen LogP contribution in [-0.2, 0) is 35.3 Å². The molecule has 0 aliphatic carbocycles. The van der Waals surface area contributed by atoms with Gasteiger partial charge in [-0.05, 0) is 20.8 Å². The minimum absolute atomic E-state index is 0.534. The van der Waals surface area contributed by atoms with Crippen LogP contribution in [0.2, 0.25) is 0 Å². The fourth-order valence-corrected chi connectivity index (χ4v) is 2.68. The van der Waals surface area contributed by atoms with Gasteiger partial charge in [0.05, 0.1) is 19.1 Å². The summed E-state index contributed by atoms with van der Waals surface area (Å²) in [6, 6.07) is 1.05. The zero-order chi connectivity index (χ0) is 22.6. The Balaban J connectivity index is 2.34. The molecule has 1 unspecified atom stereocenters. The molecule has 168 valence electrons. The lowest BCUT2D eigenvalue weighted by Gasteiger charge is -2.23. The number of esters is 2. The molecular weight excluding hydrogens is 404 g/mol. The first-order valence-electron chi connectivity index (χ1n) is 9.13. The van der Waals surface area contributed by atoms with E-state index in [1.807, 2.05) is 0 Å². The van der Waals surface area contributed by atoms with Crippen LogP contribution in [0.1, 0.15) is 27.0 Å². The molecule has 12 heteroatoms. The molecule has 0 spiro atoms. The largest absolute Gasteiger partial charge is 0.467 e. The molecule has 0 bridgehead atoms. The van der Waals surface area contributed by atoms with Gasteiger partial charge in [-0.3, -0.25) is 14.2 Å². The van der Waals surface area contributed by atoms with Gasteiger partial charge in [-0.1, -0.05) is 0 Å². The third-order valence-corrected chi connectivity index (χ3v) is 4.42. The van der Waals surface area contributed by atoms with Crippen molar-refractivity contribution < 1.29 is 38.7 Å². The van der Waals surface area contributed by atoms with E-state index in [9.17, 15) is 29.4 Å². The maximum atomic E-state index is 12.8. The maximum Gasteiger partial charge on any atom is 0.335 e. The molecule has 0 radical (unpaired) electrons. The third kappa shape index (κ3) is 5.14. The Labute approximate surface area is 171 Å². The van der Waals surface area contributed by atoms with Gasteiger partial charge in [0.25, 0.3) is 5.56 Å². The van der Waals surface area contributed by atoms with Crippen molar-refractivity contribution >= 4 is 11.9 Å². The zero-order valence-corrected chi connectivity index (χ0v) is 17.1. The smallest absolute Gasteiger partial charge is 0.335 e. The van der Waals surface area contributed by atoms with Crippen LogP contribution < -0.4 is 11.2 Å². The summed E-state index contributed by atoms with van der Waals surface area (Å²) in [5, 5.41) is 19.7. The molecule has 12 nitrogen and oxygen atoms in total. The first-order valence-corrected chi connectivity index (χ1v) is 9.13. The lowest BCUT2D eigenvalue weighted by atomic mass is 9.98. The molecule has 0 amide bonds. The number of carbonyl (C=O) groups is 2. The topological polar surface area (TPSA) is 156 Å². The van der Waals surface area contributed by atoms with Gasteiger partial charge >= 0.3 is 17.6 Å². The second-order valence-electron chi connectivity index (χ2n) is 7.67. The molecule has 0 saturated carbocycles. The molecule has 2 N–H and O–H groups in total. The highest BCUT2D eigenvalue weighted by Gasteiger charge is 2.46. The highest BCUT2D eigenvalue weighted by molar-refractivity contribution is 5.75. The fourth-order valence-electron chi connectivity index (χ4n) is 2.68. The predicted molar refractivity (Wildman–Crippen MR) is 99.3 cm³/mol. The fraction of sp³-hybridized carbons (Fsp3) is 0.667. The molecule has 2 rings (SSSR count). The summed E-state index contributed by atoms with van der Waals surface area (Å²) in [5.41, 5.74) is -2.45. The molecule has 1 aliphatic heterocycles. The highest BCUT2D eigenvalue weighted by atomic mass is 16.6. The van der Waals surface area contributed by atoms with Gasteiger partial charge in [0.2, 0.25) is 0 Å². The number of aliphatic hydroxyl groups is 2. The van der Waals surface area contributed by atoms with Crippen molar-refractivity contribution in [3.8, 4) is 0 Å². The Hall–Kier alpha value is -2.54. The summed E-state index contributed by atoms with van der Waals surface area (Å²) in [7, 11) is 1.15. The van der Waals surface area contributed by atoms with Crippen molar-refractivity contribution in [1.82, 2.24) is 9.13 Å². The van der Waals surface area contributed by atoms with E-state index in [2.05, 4.69) is 4.74 Å². The summed E-state index contributed by atoms with van der Waals surface area (Å²) in [6.45, 7) is 3.12. The number of nitrogens with zero attached hydrogens (tertiary/aromatic N) is 2. The summed E-state index contributed by atoms with van der Waals surface area (Å²) in [5.74, 6) is -1.34. The van der Waals surface area contributed by atoms with Crippen molar-refractivity contribution in [2.45, 2.75) is 52.0 Å². The Morgan fingerprint density at radius 3 is 2.50 bits per heavy atom. The number of methoxy groups -OCH3 is 1. The average Bonchev–Trinajstić information content (AvgIpc) is 3.00. The highest BCUT2D eigenvalue weighted by Crippen LogP contribution is 2.30. The molecule has 2 heterocycles. The molecule has 1 aromatic rings. The van der Waals surface area contributed by atoms with Crippen molar-refractivity contribution in [2.75, 3.05) is 20.3 Å². The van der Waals surface area contributed by atoms with Crippen molar-refractivity contribution in [3.63, 3.8) is 0 Å². The van der Waals surface area contributed by atoms with E-state index in [0.717, 1.165) is 23.9 Å². The number of carbonyl (C=O) groups excluding carboxylic acids is 2. The second kappa shape index (κ2) is 9.51.